The zero-order valence-electron chi connectivity index (χ0n) is 18.1. The molecule has 7 nitrogen and oxygen atoms in total. The Kier molecular flexibility index (Phi) is 5.81. The van der Waals surface area contributed by atoms with Crippen LogP contribution in [0.5, 0.6) is 5.75 Å². The third-order valence-corrected chi connectivity index (χ3v) is 5.56. The van der Waals surface area contributed by atoms with Gasteiger partial charge in [-0.25, -0.2) is 0 Å². The molecule has 0 saturated carbocycles. The summed E-state index contributed by atoms with van der Waals surface area (Å²) in [7, 11) is 1.60. The Balaban J connectivity index is 1.54. The van der Waals surface area contributed by atoms with Crippen LogP contribution in [0.25, 0.3) is 0 Å². The number of rotatable bonds is 7. The molecule has 3 aromatic rings. The molecule has 2 aromatic carbocycles. The first-order chi connectivity index (χ1) is 15.4. The van der Waals surface area contributed by atoms with Crippen LogP contribution in [0.4, 0.5) is 0 Å². The highest BCUT2D eigenvalue weighted by Gasteiger charge is 2.36. The number of benzene rings is 2. The summed E-state index contributed by atoms with van der Waals surface area (Å²) in [5.41, 5.74) is 1.78. The van der Waals surface area contributed by atoms with Crippen LogP contribution >= 0.6 is 0 Å². The second-order valence-electron chi connectivity index (χ2n) is 8.00. The lowest BCUT2D eigenvalue weighted by atomic mass is 9.95. The number of hydrogen-bond acceptors (Lipinski definition) is 5. The number of carbonyl (C=O) groups excluding carboxylic acids is 3. The van der Waals surface area contributed by atoms with Crippen LogP contribution in [0.1, 0.15) is 62.3 Å². The Morgan fingerprint density at radius 2 is 1.75 bits per heavy atom. The number of methoxy groups -OCH3 is 1. The molecule has 1 aliphatic rings. The van der Waals surface area contributed by atoms with Gasteiger partial charge in [0.25, 0.3) is 17.7 Å². The Bertz CT molecular complexity index is 1150. The highest BCUT2D eigenvalue weighted by Crippen LogP contribution is 2.27. The van der Waals surface area contributed by atoms with Gasteiger partial charge in [-0.05, 0) is 53.9 Å². The number of amides is 3. The first-order valence-corrected chi connectivity index (χ1v) is 10.4. The van der Waals surface area contributed by atoms with E-state index in [4.69, 9.17) is 9.15 Å². The fourth-order valence-electron chi connectivity index (χ4n) is 3.80. The molecule has 0 radical (unpaired) electrons. The maximum absolute atomic E-state index is 13.0. The third-order valence-electron chi connectivity index (χ3n) is 5.56. The molecule has 7 heteroatoms. The second-order valence-corrected chi connectivity index (χ2v) is 8.00. The van der Waals surface area contributed by atoms with Gasteiger partial charge >= 0.3 is 0 Å². The number of furan rings is 1. The quantitative estimate of drug-likeness (QED) is 0.565. The lowest BCUT2D eigenvalue weighted by molar-refractivity contribution is 0.0631. The van der Waals surface area contributed by atoms with Crippen molar-refractivity contribution in [1.29, 1.82) is 0 Å². The smallest absolute Gasteiger partial charge is 0.261 e. The Morgan fingerprint density at radius 1 is 1.03 bits per heavy atom. The molecule has 0 spiro atoms. The second kappa shape index (κ2) is 8.70. The molecule has 0 bridgehead atoms. The van der Waals surface area contributed by atoms with E-state index in [-0.39, 0.29) is 35.5 Å². The topological polar surface area (TPSA) is 88.8 Å². The van der Waals surface area contributed by atoms with Crippen LogP contribution in [0.15, 0.2) is 65.3 Å². The minimum absolute atomic E-state index is 0.0494. The van der Waals surface area contributed by atoms with E-state index in [0.29, 0.717) is 11.3 Å². The van der Waals surface area contributed by atoms with Gasteiger partial charge in [0.05, 0.1) is 37.1 Å². The van der Waals surface area contributed by atoms with Crippen molar-refractivity contribution in [2.24, 2.45) is 5.92 Å². The summed E-state index contributed by atoms with van der Waals surface area (Å²) in [6, 6.07) is 15.3. The van der Waals surface area contributed by atoms with Gasteiger partial charge in [-0.3, -0.25) is 19.3 Å². The maximum Gasteiger partial charge on any atom is 0.261 e. The summed E-state index contributed by atoms with van der Waals surface area (Å²) < 4.78 is 10.5. The minimum atomic E-state index is -0.438. The average Bonchev–Trinajstić information content (AvgIpc) is 3.40. The van der Waals surface area contributed by atoms with E-state index in [9.17, 15) is 14.4 Å². The number of carbonyl (C=O) groups is 3. The molecule has 0 aliphatic carbocycles. The van der Waals surface area contributed by atoms with Gasteiger partial charge in [0.15, 0.2) is 0 Å². The van der Waals surface area contributed by atoms with Crippen molar-refractivity contribution in [2.75, 3.05) is 7.11 Å². The van der Waals surface area contributed by atoms with E-state index in [1.165, 1.54) is 18.4 Å². The molecular weight excluding hydrogens is 408 g/mol. The zero-order chi connectivity index (χ0) is 22.8. The van der Waals surface area contributed by atoms with Crippen LogP contribution in [-0.2, 0) is 6.54 Å². The third kappa shape index (κ3) is 4.01. The van der Waals surface area contributed by atoms with E-state index < -0.39 is 11.8 Å². The normalized spacial score (nSPS) is 13.9. The summed E-state index contributed by atoms with van der Waals surface area (Å²) >= 11 is 0. The Morgan fingerprint density at radius 3 is 2.38 bits per heavy atom. The molecule has 1 N–H and O–H groups in total. The summed E-state index contributed by atoms with van der Waals surface area (Å²) in [5, 5.41) is 3.05. The fraction of sp³-hybridized carbons (Fsp3) is 0.240. The molecule has 4 rings (SSSR count). The van der Waals surface area contributed by atoms with Crippen LogP contribution < -0.4 is 10.1 Å². The number of imide groups is 1. The summed E-state index contributed by atoms with van der Waals surface area (Å²) in [6.07, 6.45) is 1.49. The molecule has 0 saturated heterocycles. The number of hydrogen-bond donors (Lipinski definition) is 1. The van der Waals surface area contributed by atoms with Gasteiger partial charge < -0.3 is 14.5 Å². The SMILES string of the molecule is COc1ccc(C(NC(=O)c2ccc3c(c2)C(=O)N(Cc2ccco2)C3=O)C(C)C)cc1. The van der Waals surface area contributed by atoms with Crippen molar-refractivity contribution in [3.05, 3.63) is 88.9 Å². The largest absolute Gasteiger partial charge is 0.497 e. The van der Waals surface area contributed by atoms with E-state index in [0.717, 1.165) is 16.2 Å². The molecule has 32 heavy (non-hydrogen) atoms. The number of fused-ring (bicyclic) bond motifs is 1. The monoisotopic (exact) mass is 432 g/mol. The van der Waals surface area contributed by atoms with E-state index in [2.05, 4.69) is 5.32 Å². The Labute approximate surface area is 186 Å². The molecular formula is C25H24N2O5. The van der Waals surface area contributed by atoms with Gasteiger partial charge in [-0.15, -0.1) is 0 Å². The minimum Gasteiger partial charge on any atom is -0.497 e. The van der Waals surface area contributed by atoms with Gasteiger partial charge in [-0.1, -0.05) is 26.0 Å². The Hall–Kier alpha value is -3.87. The van der Waals surface area contributed by atoms with Gasteiger partial charge in [0.2, 0.25) is 0 Å². The molecule has 1 aliphatic heterocycles. The molecule has 164 valence electrons. The standard InChI is InChI=1S/C25H24N2O5/c1-15(2)22(16-6-9-18(31-3)10-7-16)26-23(28)17-8-11-20-21(13-17)25(30)27(24(20)29)14-19-5-4-12-32-19/h4-13,15,22H,14H2,1-3H3,(H,26,28). The van der Waals surface area contributed by atoms with Crippen molar-refractivity contribution in [1.82, 2.24) is 10.2 Å². The van der Waals surface area contributed by atoms with E-state index in [1.54, 1.807) is 25.3 Å². The highest BCUT2D eigenvalue weighted by molar-refractivity contribution is 6.22. The summed E-state index contributed by atoms with van der Waals surface area (Å²) in [6.45, 7) is 4.09. The predicted molar refractivity (Wildman–Crippen MR) is 117 cm³/mol. The number of nitrogens with one attached hydrogen (secondary N) is 1. The first-order valence-electron chi connectivity index (χ1n) is 10.4. The van der Waals surface area contributed by atoms with Crippen molar-refractivity contribution < 1.29 is 23.5 Å². The molecule has 1 aromatic heterocycles. The summed E-state index contributed by atoms with van der Waals surface area (Å²) in [5.74, 6) is 0.235. The molecule has 1 unspecified atom stereocenters. The zero-order valence-corrected chi connectivity index (χ0v) is 18.1. The molecule has 3 amide bonds. The lowest BCUT2D eigenvalue weighted by Gasteiger charge is -2.23. The fourth-order valence-corrected chi connectivity index (χ4v) is 3.80. The highest BCUT2D eigenvalue weighted by atomic mass is 16.5. The van der Waals surface area contributed by atoms with Crippen molar-refractivity contribution in [2.45, 2.75) is 26.4 Å². The van der Waals surface area contributed by atoms with Crippen molar-refractivity contribution in [3.8, 4) is 5.75 Å². The molecule has 1 atom stereocenters. The predicted octanol–water partition coefficient (Wildman–Crippen LogP) is 4.21. The van der Waals surface area contributed by atoms with Crippen molar-refractivity contribution in [3.63, 3.8) is 0 Å². The van der Waals surface area contributed by atoms with Crippen LogP contribution in [0, 0.1) is 5.92 Å². The summed E-state index contributed by atoms with van der Waals surface area (Å²) in [4.78, 5) is 39.7. The van der Waals surface area contributed by atoms with Gasteiger partial charge in [0.1, 0.15) is 11.5 Å². The number of ether oxygens (including phenoxy) is 1. The van der Waals surface area contributed by atoms with Gasteiger partial charge in [0, 0.05) is 5.56 Å². The van der Waals surface area contributed by atoms with E-state index in [1.807, 2.05) is 38.1 Å². The lowest BCUT2D eigenvalue weighted by Crippen LogP contribution is -2.32. The van der Waals surface area contributed by atoms with Crippen LogP contribution in [0.3, 0.4) is 0 Å². The van der Waals surface area contributed by atoms with Crippen molar-refractivity contribution >= 4 is 17.7 Å². The van der Waals surface area contributed by atoms with Crippen LogP contribution in [-0.4, -0.2) is 29.7 Å². The van der Waals surface area contributed by atoms with E-state index >= 15 is 0 Å². The maximum atomic E-state index is 13.0. The first kappa shape index (κ1) is 21.4. The van der Waals surface area contributed by atoms with Crippen LogP contribution in [0.2, 0.25) is 0 Å². The molecule has 2 heterocycles. The average molecular weight is 432 g/mol. The van der Waals surface area contributed by atoms with Gasteiger partial charge in [-0.2, -0.15) is 0 Å². The molecule has 0 fully saturated rings. The number of nitrogens with zero attached hydrogens (tertiary/aromatic N) is 1.